The van der Waals surface area contributed by atoms with Crippen molar-refractivity contribution in [2.45, 2.75) is 58.4 Å². The van der Waals surface area contributed by atoms with Crippen molar-refractivity contribution in [1.82, 2.24) is 9.78 Å². The van der Waals surface area contributed by atoms with Crippen LogP contribution >= 0.6 is 0 Å². The predicted molar refractivity (Wildman–Crippen MR) is 65.9 cm³/mol. The van der Waals surface area contributed by atoms with Gasteiger partial charge >= 0.3 is 0 Å². The summed E-state index contributed by atoms with van der Waals surface area (Å²) in [5.74, 6) is -5.61. The molecule has 2 nitrogen and oxygen atoms in total. The highest BCUT2D eigenvalue weighted by Crippen LogP contribution is 2.78. The fourth-order valence-corrected chi connectivity index (χ4v) is 3.86. The second-order valence-electron chi connectivity index (χ2n) is 6.77. The summed E-state index contributed by atoms with van der Waals surface area (Å²) in [5, 5.41) is 3.91. The molecule has 20 heavy (non-hydrogen) atoms. The molecule has 1 heterocycles. The summed E-state index contributed by atoms with van der Waals surface area (Å²) in [6.45, 7) is 4.47. The molecule has 1 spiro atoms. The molecule has 0 aromatic carbocycles. The molecule has 2 saturated carbocycles. The largest absolute Gasteiger partial charge is 0.289 e. The Morgan fingerprint density at radius 1 is 1.35 bits per heavy atom. The Hall–Kier alpha value is -1.07. The fourth-order valence-electron chi connectivity index (χ4n) is 3.86. The minimum Gasteiger partial charge on any atom is -0.271 e. The molecule has 1 aromatic heterocycles. The molecule has 112 valence electrons. The van der Waals surface area contributed by atoms with Gasteiger partial charge in [0.25, 0.3) is 11.8 Å². The topological polar surface area (TPSA) is 17.8 Å². The van der Waals surface area contributed by atoms with Crippen molar-refractivity contribution >= 4 is 0 Å². The van der Waals surface area contributed by atoms with Gasteiger partial charge in [-0.3, -0.25) is 4.68 Å². The van der Waals surface area contributed by atoms with Crippen LogP contribution < -0.4 is 0 Å². The van der Waals surface area contributed by atoms with E-state index >= 15 is 0 Å². The quantitative estimate of drug-likeness (QED) is 0.765. The maximum absolute atomic E-state index is 13.7. The molecule has 1 atom stereocenters. The van der Waals surface area contributed by atoms with Crippen molar-refractivity contribution in [3.8, 4) is 0 Å². The number of aromatic nitrogens is 2. The van der Waals surface area contributed by atoms with Crippen LogP contribution in [0.2, 0.25) is 0 Å². The van der Waals surface area contributed by atoms with E-state index in [1.807, 2.05) is 6.92 Å². The molecule has 0 aliphatic heterocycles. The summed E-state index contributed by atoms with van der Waals surface area (Å²) in [4.78, 5) is 0. The lowest BCUT2D eigenvalue weighted by Gasteiger charge is -2.54. The zero-order chi connectivity index (χ0) is 15.0. The van der Waals surface area contributed by atoms with Crippen LogP contribution in [0.4, 0.5) is 17.6 Å². The third-order valence-electron chi connectivity index (χ3n) is 5.09. The summed E-state index contributed by atoms with van der Waals surface area (Å²) in [6, 6.07) is 0. The van der Waals surface area contributed by atoms with Gasteiger partial charge in [0.05, 0.1) is 0 Å². The van der Waals surface area contributed by atoms with Crippen LogP contribution in [0.15, 0.2) is 6.20 Å². The van der Waals surface area contributed by atoms with Gasteiger partial charge in [0, 0.05) is 36.9 Å². The lowest BCUT2D eigenvalue weighted by atomic mass is 9.55. The van der Waals surface area contributed by atoms with Crippen molar-refractivity contribution in [3.05, 3.63) is 17.5 Å². The highest BCUT2D eigenvalue weighted by atomic mass is 19.3. The van der Waals surface area contributed by atoms with Crippen LogP contribution in [-0.2, 0) is 12.5 Å². The van der Waals surface area contributed by atoms with Gasteiger partial charge in [-0.05, 0) is 25.3 Å². The van der Waals surface area contributed by atoms with Crippen LogP contribution in [0.5, 0.6) is 0 Å². The Bertz CT molecular complexity index is 554. The van der Waals surface area contributed by atoms with Crippen molar-refractivity contribution in [2.24, 2.45) is 10.8 Å². The van der Waals surface area contributed by atoms with Crippen LogP contribution in [0.1, 0.15) is 44.4 Å². The number of hydrogen-bond donors (Lipinski definition) is 0. The van der Waals surface area contributed by atoms with Gasteiger partial charge in [-0.25, -0.2) is 8.78 Å². The monoisotopic (exact) mass is 290 g/mol. The van der Waals surface area contributed by atoms with Crippen molar-refractivity contribution in [2.75, 3.05) is 0 Å². The van der Waals surface area contributed by atoms with E-state index in [1.54, 1.807) is 6.92 Å². The van der Waals surface area contributed by atoms with E-state index in [1.165, 1.54) is 10.9 Å². The van der Waals surface area contributed by atoms with E-state index in [9.17, 15) is 17.6 Å². The molecular formula is C14H18F4N2. The molecule has 0 bridgehead atoms. The van der Waals surface area contributed by atoms with E-state index in [0.29, 0.717) is 18.4 Å². The summed E-state index contributed by atoms with van der Waals surface area (Å²) >= 11 is 0. The summed E-state index contributed by atoms with van der Waals surface area (Å²) in [6.07, 6.45) is 2.39. The highest BCUT2D eigenvalue weighted by molar-refractivity contribution is 5.24. The standard InChI is InChI=1S/C14H18F4N2/c1-9-6-20(19-10(9)12(3,15)16)8-11(2)7-14(17,18)13(11)4-5-13/h6H,4-5,7-8H2,1-3H3. The van der Waals surface area contributed by atoms with Crippen LogP contribution in [0.3, 0.4) is 0 Å². The third-order valence-corrected chi connectivity index (χ3v) is 5.09. The second kappa shape index (κ2) is 3.57. The zero-order valence-corrected chi connectivity index (χ0v) is 11.8. The fraction of sp³-hybridized carbons (Fsp3) is 0.786. The second-order valence-corrected chi connectivity index (χ2v) is 6.77. The molecule has 0 radical (unpaired) electrons. The highest BCUT2D eigenvalue weighted by Gasteiger charge is 2.79. The van der Waals surface area contributed by atoms with E-state index in [0.717, 1.165) is 6.92 Å². The van der Waals surface area contributed by atoms with Crippen molar-refractivity contribution < 1.29 is 17.6 Å². The van der Waals surface area contributed by atoms with Crippen molar-refractivity contribution in [1.29, 1.82) is 0 Å². The number of aryl methyl sites for hydroxylation is 1. The Kier molecular flexibility index (Phi) is 2.48. The first-order chi connectivity index (χ1) is 9.01. The molecule has 3 rings (SSSR count). The molecule has 0 saturated heterocycles. The summed E-state index contributed by atoms with van der Waals surface area (Å²) in [7, 11) is 0. The predicted octanol–water partition coefficient (Wildman–Crippen LogP) is 4.13. The van der Waals surface area contributed by atoms with Crippen LogP contribution in [-0.4, -0.2) is 15.7 Å². The van der Waals surface area contributed by atoms with Crippen molar-refractivity contribution in [3.63, 3.8) is 0 Å². The molecule has 0 amide bonds. The normalized spacial score (nSPS) is 30.4. The maximum atomic E-state index is 13.7. The molecular weight excluding hydrogens is 272 g/mol. The molecule has 2 aliphatic rings. The lowest BCUT2D eigenvalue weighted by Crippen LogP contribution is -2.58. The minimum absolute atomic E-state index is 0.184. The Labute approximate surface area is 115 Å². The molecule has 1 unspecified atom stereocenters. The van der Waals surface area contributed by atoms with E-state index < -0.39 is 22.7 Å². The average molecular weight is 290 g/mol. The molecule has 2 aliphatic carbocycles. The molecule has 1 aromatic rings. The summed E-state index contributed by atoms with van der Waals surface area (Å²) < 4.78 is 55.5. The average Bonchev–Trinajstić information content (AvgIpc) is 3.00. The Balaban J connectivity index is 1.84. The van der Waals surface area contributed by atoms with E-state index in [-0.39, 0.29) is 18.7 Å². The first-order valence-electron chi connectivity index (χ1n) is 6.81. The van der Waals surface area contributed by atoms with Gasteiger partial charge in [0.15, 0.2) is 0 Å². The van der Waals surface area contributed by atoms with Crippen LogP contribution in [0.25, 0.3) is 0 Å². The number of hydrogen-bond acceptors (Lipinski definition) is 1. The van der Waals surface area contributed by atoms with Crippen LogP contribution in [0, 0.1) is 17.8 Å². The van der Waals surface area contributed by atoms with E-state index in [2.05, 4.69) is 5.10 Å². The number of alkyl halides is 4. The minimum atomic E-state index is -3.00. The number of halogens is 4. The Morgan fingerprint density at radius 2 is 1.95 bits per heavy atom. The molecule has 0 N–H and O–H groups in total. The van der Waals surface area contributed by atoms with Gasteiger partial charge in [-0.15, -0.1) is 0 Å². The first kappa shape index (κ1) is 13.9. The molecule has 2 fully saturated rings. The van der Waals surface area contributed by atoms with Gasteiger partial charge in [-0.2, -0.15) is 13.9 Å². The number of rotatable bonds is 3. The zero-order valence-electron chi connectivity index (χ0n) is 11.8. The lowest BCUT2D eigenvalue weighted by molar-refractivity contribution is -0.243. The van der Waals surface area contributed by atoms with E-state index in [4.69, 9.17) is 0 Å². The smallest absolute Gasteiger partial charge is 0.271 e. The third kappa shape index (κ3) is 1.66. The number of nitrogens with zero attached hydrogens (tertiary/aromatic N) is 2. The van der Waals surface area contributed by atoms with Gasteiger partial charge < -0.3 is 0 Å². The summed E-state index contributed by atoms with van der Waals surface area (Å²) in [5.41, 5.74) is -1.33. The maximum Gasteiger partial charge on any atom is 0.289 e. The Morgan fingerprint density at radius 3 is 2.35 bits per heavy atom. The van der Waals surface area contributed by atoms with Gasteiger partial charge in [0.1, 0.15) is 5.69 Å². The van der Waals surface area contributed by atoms with Gasteiger partial charge in [-0.1, -0.05) is 6.92 Å². The van der Waals surface area contributed by atoms with Gasteiger partial charge in [0.2, 0.25) is 0 Å². The SMILES string of the molecule is Cc1cn(CC2(C)CC(F)(F)C23CC3)nc1C(C)(F)F. The molecule has 6 heteroatoms. The first-order valence-corrected chi connectivity index (χ1v) is 6.81.